The molecule has 0 aromatic heterocycles. The molecule has 0 aliphatic heterocycles. The van der Waals surface area contributed by atoms with Gasteiger partial charge in [0.15, 0.2) is 0 Å². The molecule has 1 aromatic carbocycles. The molecule has 0 spiro atoms. The molecule has 1 rings (SSSR count). The number of hydrogen-bond acceptors (Lipinski definition) is 2. The van der Waals surface area contributed by atoms with E-state index >= 15 is 0 Å². The third-order valence-corrected chi connectivity index (χ3v) is 1.66. The second-order valence-corrected chi connectivity index (χ2v) is 3.49. The van der Waals surface area contributed by atoms with Crippen LogP contribution < -0.4 is 10.1 Å². The van der Waals surface area contributed by atoms with Crippen molar-refractivity contribution in [3.05, 3.63) is 24.3 Å². The van der Waals surface area contributed by atoms with Crippen LogP contribution in [-0.4, -0.2) is 13.0 Å². The van der Waals surface area contributed by atoms with Crippen LogP contribution in [-0.2, 0) is 4.79 Å². The molecule has 76 valence electrons. The summed E-state index contributed by atoms with van der Waals surface area (Å²) < 4.78 is 5.48. The first kappa shape index (κ1) is 10.6. The van der Waals surface area contributed by atoms with Gasteiger partial charge in [-0.3, -0.25) is 4.79 Å². The lowest BCUT2D eigenvalue weighted by Gasteiger charge is -2.08. The minimum Gasteiger partial charge on any atom is -0.493 e. The lowest BCUT2D eigenvalue weighted by Crippen LogP contribution is -2.04. The van der Waals surface area contributed by atoms with Gasteiger partial charge in [0.25, 0.3) is 0 Å². The van der Waals surface area contributed by atoms with Gasteiger partial charge >= 0.3 is 0 Å². The molecule has 0 saturated carbocycles. The number of benzene rings is 1. The van der Waals surface area contributed by atoms with Crippen molar-refractivity contribution in [2.24, 2.45) is 5.92 Å². The van der Waals surface area contributed by atoms with E-state index in [2.05, 4.69) is 19.2 Å². The first-order valence-corrected chi connectivity index (χ1v) is 4.65. The first-order valence-electron chi connectivity index (χ1n) is 4.65. The third-order valence-electron chi connectivity index (χ3n) is 1.66. The highest BCUT2D eigenvalue weighted by Gasteiger charge is 1.96. The third kappa shape index (κ3) is 3.47. The van der Waals surface area contributed by atoms with Crippen LogP contribution in [0.25, 0.3) is 0 Å². The maximum atomic E-state index is 10.1. The fourth-order valence-electron chi connectivity index (χ4n) is 0.978. The van der Waals surface area contributed by atoms with Gasteiger partial charge in [-0.15, -0.1) is 0 Å². The zero-order chi connectivity index (χ0) is 10.4. The van der Waals surface area contributed by atoms with Gasteiger partial charge in [0.1, 0.15) is 5.75 Å². The number of amides is 1. The first-order chi connectivity index (χ1) is 6.72. The molecule has 1 aromatic rings. The van der Waals surface area contributed by atoms with Crippen molar-refractivity contribution in [2.75, 3.05) is 11.9 Å². The molecule has 0 fully saturated rings. The molecule has 1 amide bonds. The Morgan fingerprint density at radius 2 is 2.00 bits per heavy atom. The monoisotopic (exact) mass is 193 g/mol. The number of anilines is 1. The minimum atomic E-state index is 0.516. The lowest BCUT2D eigenvalue weighted by atomic mass is 10.2. The molecule has 1 N–H and O–H groups in total. The smallest absolute Gasteiger partial charge is 0.211 e. The SMILES string of the molecule is CC(C)COc1ccc(NC=O)cc1. The van der Waals surface area contributed by atoms with Gasteiger partial charge in [0.05, 0.1) is 6.61 Å². The van der Waals surface area contributed by atoms with E-state index in [0.29, 0.717) is 18.9 Å². The molecule has 0 saturated heterocycles. The van der Waals surface area contributed by atoms with Crippen LogP contribution in [0.4, 0.5) is 5.69 Å². The summed E-state index contributed by atoms with van der Waals surface area (Å²) in [6.45, 7) is 4.91. The number of rotatable bonds is 5. The molecule has 3 nitrogen and oxygen atoms in total. The van der Waals surface area contributed by atoms with Gasteiger partial charge in [-0.1, -0.05) is 13.8 Å². The van der Waals surface area contributed by atoms with Gasteiger partial charge in [0, 0.05) is 5.69 Å². The molecule has 0 radical (unpaired) electrons. The lowest BCUT2D eigenvalue weighted by molar-refractivity contribution is -0.105. The average Bonchev–Trinajstić information content (AvgIpc) is 2.17. The molecule has 3 heteroatoms. The minimum absolute atomic E-state index is 0.516. The maximum Gasteiger partial charge on any atom is 0.211 e. The summed E-state index contributed by atoms with van der Waals surface area (Å²) in [4.78, 5) is 10.1. The summed E-state index contributed by atoms with van der Waals surface area (Å²) in [5, 5.41) is 2.56. The Morgan fingerprint density at radius 3 is 2.50 bits per heavy atom. The van der Waals surface area contributed by atoms with Crippen LogP contribution in [0.2, 0.25) is 0 Å². The Hall–Kier alpha value is -1.51. The highest BCUT2D eigenvalue weighted by atomic mass is 16.5. The standard InChI is InChI=1S/C11H15NO2/c1-9(2)7-14-11-5-3-10(4-6-11)12-8-13/h3-6,8-9H,7H2,1-2H3,(H,12,13). The Morgan fingerprint density at radius 1 is 1.36 bits per heavy atom. The highest BCUT2D eigenvalue weighted by Crippen LogP contribution is 2.15. The second-order valence-electron chi connectivity index (χ2n) is 3.49. The van der Waals surface area contributed by atoms with Crippen molar-refractivity contribution in [3.63, 3.8) is 0 Å². The van der Waals surface area contributed by atoms with E-state index in [1.165, 1.54) is 0 Å². The summed E-state index contributed by atoms with van der Waals surface area (Å²) in [5.41, 5.74) is 0.775. The van der Waals surface area contributed by atoms with Gasteiger partial charge < -0.3 is 10.1 Å². The fourth-order valence-corrected chi connectivity index (χ4v) is 0.978. The average molecular weight is 193 g/mol. The fraction of sp³-hybridized carbons (Fsp3) is 0.364. The van der Waals surface area contributed by atoms with Gasteiger partial charge in [-0.25, -0.2) is 0 Å². The van der Waals surface area contributed by atoms with Crippen LogP contribution in [0.1, 0.15) is 13.8 Å². The zero-order valence-corrected chi connectivity index (χ0v) is 8.49. The number of ether oxygens (including phenoxy) is 1. The highest BCUT2D eigenvalue weighted by molar-refractivity contribution is 5.71. The molecule has 0 heterocycles. The maximum absolute atomic E-state index is 10.1. The van der Waals surface area contributed by atoms with Crippen LogP contribution in [0.15, 0.2) is 24.3 Å². The molecule has 14 heavy (non-hydrogen) atoms. The van der Waals surface area contributed by atoms with E-state index in [1.807, 2.05) is 24.3 Å². The number of hydrogen-bond donors (Lipinski definition) is 1. The molecule has 0 bridgehead atoms. The van der Waals surface area contributed by atoms with Crippen molar-refractivity contribution >= 4 is 12.1 Å². The normalized spacial score (nSPS) is 9.93. The molecular weight excluding hydrogens is 178 g/mol. The summed E-state index contributed by atoms with van der Waals surface area (Å²) in [6.07, 6.45) is 0.657. The predicted molar refractivity (Wildman–Crippen MR) is 56.5 cm³/mol. The van der Waals surface area contributed by atoms with Crippen LogP contribution >= 0.6 is 0 Å². The second kappa shape index (κ2) is 5.27. The van der Waals surface area contributed by atoms with E-state index < -0.39 is 0 Å². The largest absolute Gasteiger partial charge is 0.493 e. The van der Waals surface area contributed by atoms with E-state index in [-0.39, 0.29) is 0 Å². The summed E-state index contributed by atoms with van der Waals surface area (Å²) in [5.74, 6) is 1.35. The predicted octanol–water partition coefficient (Wildman–Crippen LogP) is 2.29. The number of carbonyl (C=O) groups excluding carboxylic acids is 1. The Kier molecular flexibility index (Phi) is 3.98. The van der Waals surface area contributed by atoms with E-state index in [4.69, 9.17) is 4.74 Å². The zero-order valence-electron chi connectivity index (χ0n) is 8.49. The Labute approximate surface area is 84.1 Å². The van der Waals surface area contributed by atoms with Gasteiger partial charge in [-0.05, 0) is 30.2 Å². The number of nitrogens with one attached hydrogen (secondary N) is 1. The summed E-state index contributed by atoms with van der Waals surface area (Å²) in [7, 11) is 0. The topological polar surface area (TPSA) is 38.3 Å². The van der Waals surface area contributed by atoms with Gasteiger partial charge in [0.2, 0.25) is 6.41 Å². The van der Waals surface area contributed by atoms with Gasteiger partial charge in [-0.2, -0.15) is 0 Å². The molecule has 0 aliphatic carbocycles. The molecule has 0 unspecified atom stereocenters. The van der Waals surface area contributed by atoms with Crippen molar-refractivity contribution in [1.29, 1.82) is 0 Å². The Balaban J connectivity index is 2.50. The molecule has 0 atom stereocenters. The quantitative estimate of drug-likeness (QED) is 0.728. The van der Waals surface area contributed by atoms with Crippen LogP contribution in [0.5, 0.6) is 5.75 Å². The number of carbonyl (C=O) groups is 1. The van der Waals surface area contributed by atoms with Crippen molar-refractivity contribution < 1.29 is 9.53 Å². The van der Waals surface area contributed by atoms with Crippen molar-refractivity contribution in [1.82, 2.24) is 0 Å². The van der Waals surface area contributed by atoms with Crippen LogP contribution in [0, 0.1) is 5.92 Å². The molecular formula is C11H15NO2. The van der Waals surface area contributed by atoms with E-state index in [9.17, 15) is 4.79 Å². The summed E-state index contributed by atoms with van der Waals surface area (Å²) >= 11 is 0. The van der Waals surface area contributed by atoms with E-state index in [0.717, 1.165) is 11.4 Å². The Bertz CT molecular complexity index is 280. The van der Waals surface area contributed by atoms with Crippen molar-refractivity contribution in [3.8, 4) is 5.75 Å². The molecule has 0 aliphatic rings. The summed E-state index contributed by atoms with van der Waals surface area (Å²) in [6, 6.07) is 7.30. The van der Waals surface area contributed by atoms with Crippen molar-refractivity contribution in [2.45, 2.75) is 13.8 Å². The van der Waals surface area contributed by atoms with E-state index in [1.54, 1.807) is 0 Å². The van der Waals surface area contributed by atoms with Crippen LogP contribution in [0.3, 0.4) is 0 Å².